The van der Waals surface area contributed by atoms with E-state index in [1.165, 1.54) is 12.0 Å². The molecule has 0 aliphatic heterocycles. The van der Waals surface area contributed by atoms with E-state index in [1.54, 1.807) is 24.3 Å². The molecule has 0 fully saturated rings. The van der Waals surface area contributed by atoms with E-state index < -0.39 is 28.5 Å². The molecule has 0 aliphatic rings. The molecule has 2 aromatic carbocycles. The van der Waals surface area contributed by atoms with E-state index in [9.17, 15) is 18.0 Å². The van der Waals surface area contributed by atoms with E-state index in [1.807, 2.05) is 51.1 Å². The Balaban J connectivity index is 2.40. The van der Waals surface area contributed by atoms with Gasteiger partial charge in [0.05, 0.1) is 19.1 Å². The Labute approximate surface area is 202 Å². The second-order valence-electron chi connectivity index (χ2n) is 8.22. The monoisotopic (exact) mass is 489 g/mol. The summed E-state index contributed by atoms with van der Waals surface area (Å²) in [5.41, 5.74) is 1.19. The fourth-order valence-electron chi connectivity index (χ4n) is 3.50. The van der Waals surface area contributed by atoms with Crippen LogP contribution in [0, 0.1) is 0 Å². The smallest absolute Gasteiger partial charge is 0.244 e. The summed E-state index contributed by atoms with van der Waals surface area (Å²) in [5.74, 6) is -0.144. The Hall–Kier alpha value is -3.07. The maximum Gasteiger partial charge on any atom is 0.244 e. The van der Waals surface area contributed by atoms with Crippen LogP contribution in [0.5, 0.6) is 5.75 Å². The number of hydrogen-bond donors (Lipinski definition) is 1. The maximum atomic E-state index is 13.6. The SMILES string of the molecule is CC[C@H](C(=O)N[C@@H](C)CC)N(Cc1ccccc1)C(=O)CN(c1ccc(OC)cc1)S(C)(=O)=O. The topological polar surface area (TPSA) is 96.0 Å². The minimum Gasteiger partial charge on any atom is -0.497 e. The van der Waals surface area contributed by atoms with Crippen molar-refractivity contribution in [2.24, 2.45) is 0 Å². The number of methoxy groups -OCH3 is 1. The lowest BCUT2D eigenvalue weighted by Gasteiger charge is -2.33. The fraction of sp³-hybridized carbons (Fsp3) is 0.440. The van der Waals surface area contributed by atoms with Crippen LogP contribution in [0.25, 0.3) is 0 Å². The second-order valence-corrected chi connectivity index (χ2v) is 10.1. The van der Waals surface area contributed by atoms with Gasteiger partial charge in [-0.15, -0.1) is 0 Å². The normalized spacial score (nSPS) is 13.0. The van der Waals surface area contributed by atoms with Crippen molar-refractivity contribution in [2.75, 3.05) is 24.2 Å². The highest BCUT2D eigenvalue weighted by molar-refractivity contribution is 7.92. The summed E-state index contributed by atoms with van der Waals surface area (Å²) in [5, 5.41) is 2.95. The lowest BCUT2D eigenvalue weighted by molar-refractivity contribution is -0.140. The van der Waals surface area contributed by atoms with Crippen LogP contribution in [-0.4, -0.2) is 57.1 Å². The van der Waals surface area contributed by atoms with Gasteiger partial charge in [0.1, 0.15) is 18.3 Å². The van der Waals surface area contributed by atoms with Crippen molar-refractivity contribution in [1.82, 2.24) is 10.2 Å². The first-order valence-electron chi connectivity index (χ1n) is 11.4. The number of amides is 2. The zero-order valence-corrected chi connectivity index (χ0v) is 21.3. The highest BCUT2D eigenvalue weighted by Gasteiger charge is 2.32. The van der Waals surface area contributed by atoms with Crippen molar-refractivity contribution in [2.45, 2.75) is 52.2 Å². The van der Waals surface area contributed by atoms with Crippen LogP contribution in [0.1, 0.15) is 39.2 Å². The van der Waals surface area contributed by atoms with Crippen LogP contribution in [0.3, 0.4) is 0 Å². The van der Waals surface area contributed by atoms with Crippen molar-refractivity contribution in [1.29, 1.82) is 0 Å². The average Bonchev–Trinajstić information content (AvgIpc) is 2.82. The number of nitrogens with zero attached hydrogens (tertiary/aromatic N) is 2. The molecule has 1 N–H and O–H groups in total. The Morgan fingerprint density at radius 2 is 1.62 bits per heavy atom. The van der Waals surface area contributed by atoms with Crippen molar-refractivity contribution in [3.63, 3.8) is 0 Å². The molecule has 0 radical (unpaired) electrons. The van der Waals surface area contributed by atoms with Crippen LogP contribution in [0.2, 0.25) is 0 Å². The molecule has 0 aromatic heterocycles. The summed E-state index contributed by atoms with van der Waals surface area (Å²) in [4.78, 5) is 28.1. The zero-order valence-electron chi connectivity index (χ0n) is 20.5. The van der Waals surface area contributed by atoms with E-state index in [0.29, 0.717) is 17.9 Å². The Bertz CT molecular complexity index is 1040. The molecule has 2 amide bonds. The van der Waals surface area contributed by atoms with E-state index in [4.69, 9.17) is 4.74 Å². The van der Waals surface area contributed by atoms with Crippen molar-refractivity contribution >= 4 is 27.5 Å². The number of anilines is 1. The molecule has 9 heteroatoms. The van der Waals surface area contributed by atoms with E-state index in [-0.39, 0.29) is 18.5 Å². The number of ether oxygens (including phenoxy) is 1. The predicted octanol–water partition coefficient (Wildman–Crippen LogP) is 3.18. The van der Waals surface area contributed by atoms with Gasteiger partial charge < -0.3 is 15.0 Å². The minimum atomic E-state index is -3.77. The Morgan fingerprint density at radius 1 is 1.00 bits per heavy atom. The van der Waals surface area contributed by atoms with E-state index in [0.717, 1.165) is 22.5 Å². The van der Waals surface area contributed by atoms with Gasteiger partial charge in [0.25, 0.3) is 0 Å². The molecule has 2 atom stereocenters. The summed E-state index contributed by atoms with van der Waals surface area (Å²) in [7, 11) is -2.25. The quantitative estimate of drug-likeness (QED) is 0.494. The molecule has 2 aromatic rings. The predicted molar refractivity (Wildman–Crippen MR) is 134 cm³/mol. The Morgan fingerprint density at radius 3 is 2.12 bits per heavy atom. The number of rotatable bonds is 12. The van der Waals surface area contributed by atoms with Crippen LogP contribution in [-0.2, 0) is 26.2 Å². The molecule has 0 saturated carbocycles. The molecule has 0 bridgehead atoms. The zero-order chi connectivity index (χ0) is 25.3. The van der Waals surface area contributed by atoms with Crippen LogP contribution < -0.4 is 14.4 Å². The second kappa shape index (κ2) is 12.4. The standard InChI is InChI=1S/C25H35N3O5S/c1-6-19(3)26-25(30)23(7-2)27(17-20-11-9-8-10-12-20)24(29)18-28(34(5,31)32)21-13-15-22(33-4)16-14-21/h8-16,19,23H,6-7,17-18H2,1-5H3,(H,26,30)/t19-,23+/m0/s1. The number of nitrogens with one attached hydrogen (secondary N) is 1. The Kier molecular flexibility index (Phi) is 9.92. The molecule has 2 rings (SSSR count). The van der Waals surface area contributed by atoms with Crippen molar-refractivity contribution in [3.8, 4) is 5.75 Å². The van der Waals surface area contributed by atoms with Gasteiger partial charge >= 0.3 is 0 Å². The van der Waals surface area contributed by atoms with Crippen molar-refractivity contribution < 1.29 is 22.7 Å². The molecule has 0 unspecified atom stereocenters. The molecule has 0 spiro atoms. The van der Waals surface area contributed by atoms with Crippen LogP contribution in [0.15, 0.2) is 54.6 Å². The molecular weight excluding hydrogens is 454 g/mol. The number of carbonyl (C=O) groups is 2. The molecule has 34 heavy (non-hydrogen) atoms. The first kappa shape index (κ1) is 27.2. The summed E-state index contributed by atoms with van der Waals surface area (Å²) >= 11 is 0. The summed E-state index contributed by atoms with van der Waals surface area (Å²) in [6, 6.07) is 15.0. The lowest BCUT2D eigenvalue weighted by atomic mass is 10.1. The first-order valence-corrected chi connectivity index (χ1v) is 13.2. The van der Waals surface area contributed by atoms with Gasteiger partial charge in [-0.25, -0.2) is 8.42 Å². The minimum absolute atomic E-state index is 0.0398. The van der Waals surface area contributed by atoms with Gasteiger partial charge in [-0.1, -0.05) is 44.2 Å². The van der Waals surface area contributed by atoms with Gasteiger partial charge in [0.2, 0.25) is 21.8 Å². The lowest BCUT2D eigenvalue weighted by Crippen LogP contribution is -2.53. The van der Waals surface area contributed by atoms with Gasteiger partial charge in [-0.3, -0.25) is 13.9 Å². The van der Waals surface area contributed by atoms with Crippen molar-refractivity contribution in [3.05, 3.63) is 60.2 Å². The largest absolute Gasteiger partial charge is 0.497 e. The molecular formula is C25H35N3O5S. The van der Waals surface area contributed by atoms with Gasteiger partial charge in [0.15, 0.2) is 0 Å². The fourth-order valence-corrected chi connectivity index (χ4v) is 4.35. The van der Waals surface area contributed by atoms with Crippen LogP contribution >= 0.6 is 0 Å². The van der Waals surface area contributed by atoms with E-state index in [2.05, 4.69) is 5.32 Å². The highest BCUT2D eigenvalue weighted by Crippen LogP contribution is 2.22. The molecule has 8 nitrogen and oxygen atoms in total. The highest BCUT2D eigenvalue weighted by atomic mass is 32.2. The summed E-state index contributed by atoms with van der Waals surface area (Å²) in [6.07, 6.45) is 2.20. The molecule has 0 heterocycles. The summed E-state index contributed by atoms with van der Waals surface area (Å²) in [6.45, 7) is 5.47. The average molecular weight is 490 g/mol. The number of hydrogen-bond acceptors (Lipinski definition) is 5. The third-order valence-electron chi connectivity index (χ3n) is 5.62. The van der Waals surface area contributed by atoms with Gasteiger partial charge in [-0.2, -0.15) is 0 Å². The maximum absolute atomic E-state index is 13.6. The third-order valence-corrected chi connectivity index (χ3v) is 6.76. The molecule has 186 valence electrons. The van der Waals surface area contributed by atoms with Crippen LogP contribution in [0.4, 0.5) is 5.69 Å². The van der Waals surface area contributed by atoms with E-state index >= 15 is 0 Å². The third kappa shape index (κ3) is 7.48. The number of carbonyl (C=O) groups excluding carboxylic acids is 2. The van der Waals surface area contributed by atoms with Gasteiger partial charge in [-0.05, 0) is 49.6 Å². The van der Waals surface area contributed by atoms with Gasteiger partial charge in [0, 0.05) is 12.6 Å². The first-order chi connectivity index (χ1) is 16.1. The molecule has 0 aliphatic carbocycles. The number of sulfonamides is 1. The summed E-state index contributed by atoms with van der Waals surface area (Å²) < 4.78 is 31.4. The number of benzene rings is 2. The molecule has 0 saturated heterocycles.